The summed E-state index contributed by atoms with van der Waals surface area (Å²) in [6.45, 7) is 5.14. The number of carbonyl (C=O) groups excluding carboxylic acids is 1. The fraction of sp³-hybridized carbons (Fsp3) is 0.400. The van der Waals surface area contributed by atoms with Gasteiger partial charge in [-0.3, -0.25) is 4.79 Å². The first-order chi connectivity index (χ1) is 9.10. The van der Waals surface area contributed by atoms with Gasteiger partial charge in [0.25, 0.3) is 0 Å². The summed E-state index contributed by atoms with van der Waals surface area (Å²) in [7, 11) is 1.93. The molecule has 0 atom stereocenters. The van der Waals surface area contributed by atoms with Crippen molar-refractivity contribution in [1.29, 1.82) is 0 Å². The SMILES string of the molecule is CNCc1ccc2ccn(CC(=O)NC(C)C)c2c1. The Bertz CT molecular complexity index is 572. The highest BCUT2D eigenvalue weighted by molar-refractivity contribution is 5.83. The largest absolute Gasteiger partial charge is 0.352 e. The molecule has 0 unspecified atom stereocenters. The van der Waals surface area contributed by atoms with Crippen molar-refractivity contribution in [2.75, 3.05) is 7.05 Å². The van der Waals surface area contributed by atoms with E-state index in [1.54, 1.807) is 0 Å². The molecule has 2 rings (SSSR count). The number of hydrogen-bond acceptors (Lipinski definition) is 2. The summed E-state index contributed by atoms with van der Waals surface area (Å²) in [5.74, 6) is 0.0477. The van der Waals surface area contributed by atoms with E-state index in [1.807, 2.05) is 37.7 Å². The number of amides is 1. The molecule has 2 N–H and O–H groups in total. The highest BCUT2D eigenvalue weighted by Crippen LogP contribution is 2.17. The van der Waals surface area contributed by atoms with Crippen LogP contribution in [0.15, 0.2) is 30.5 Å². The summed E-state index contributed by atoms with van der Waals surface area (Å²) in [6.07, 6.45) is 1.97. The fourth-order valence-corrected chi connectivity index (χ4v) is 2.20. The van der Waals surface area contributed by atoms with Gasteiger partial charge in [-0.1, -0.05) is 12.1 Å². The van der Waals surface area contributed by atoms with E-state index in [0.717, 1.165) is 17.4 Å². The summed E-state index contributed by atoms with van der Waals surface area (Å²) < 4.78 is 1.99. The van der Waals surface area contributed by atoms with Gasteiger partial charge < -0.3 is 15.2 Å². The highest BCUT2D eigenvalue weighted by atomic mass is 16.2. The molecule has 0 aliphatic rings. The van der Waals surface area contributed by atoms with Crippen molar-refractivity contribution in [1.82, 2.24) is 15.2 Å². The summed E-state index contributed by atoms with van der Waals surface area (Å²) in [6, 6.07) is 8.56. The van der Waals surface area contributed by atoms with E-state index in [4.69, 9.17) is 0 Å². The molecular weight excluding hydrogens is 238 g/mol. The van der Waals surface area contributed by atoms with Crippen molar-refractivity contribution < 1.29 is 4.79 Å². The number of rotatable bonds is 5. The molecule has 0 aliphatic heterocycles. The average Bonchev–Trinajstić information content (AvgIpc) is 2.71. The second kappa shape index (κ2) is 5.89. The van der Waals surface area contributed by atoms with Crippen molar-refractivity contribution in [3.8, 4) is 0 Å². The van der Waals surface area contributed by atoms with Gasteiger partial charge in [0, 0.05) is 24.3 Å². The van der Waals surface area contributed by atoms with Gasteiger partial charge in [-0.25, -0.2) is 0 Å². The van der Waals surface area contributed by atoms with Gasteiger partial charge in [-0.05, 0) is 44.0 Å². The Hall–Kier alpha value is -1.81. The summed E-state index contributed by atoms with van der Waals surface area (Å²) in [5.41, 5.74) is 2.32. The molecule has 1 aromatic heterocycles. The van der Waals surface area contributed by atoms with Crippen molar-refractivity contribution in [2.24, 2.45) is 0 Å². The molecule has 0 fully saturated rings. The molecule has 102 valence electrons. The number of nitrogens with one attached hydrogen (secondary N) is 2. The van der Waals surface area contributed by atoms with E-state index < -0.39 is 0 Å². The van der Waals surface area contributed by atoms with Crippen LogP contribution in [0.1, 0.15) is 19.4 Å². The van der Waals surface area contributed by atoms with Crippen LogP contribution in [-0.4, -0.2) is 23.6 Å². The summed E-state index contributed by atoms with van der Waals surface area (Å²) in [5, 5.41) is 7.22. The van der Waals surface area contributed by atoms with E-state index in [9.17, 15) is 4.79 Å². The lowest BCUT2D eigenvalue weighted by Crippen LogP contribution is -2.32. The Morgan fingerprint density at radius 1 is 1.32 bits per heavy atom. The average molecular weight is 259 g/mol. The number of nitrogens with zero attached hydrogens (tertiary/aromatic N) is 1. The minimum atomic E-state index is 0.0477. The van der Waals surface area contributed by atoms with Gasteiger partial charge in [-0.2, -0.15) is 0 Å². The van der Waals surface area contributed by atoms with E-state index in [-0.39, 0.29) is 11.9 Å². The highest BCUT2D eigenvalue weighted by Gasteiger charge is 2.07. The third-order valence-corrected chi connectivity index (χ3v) is 2.98. The zero-order chi connectivity index (χ0) is 13.8. The van der Waals surface area contributed by atoms with Crippen molar-refractivity contribution in [3.63, 3.8) is 0 Å². The Labute approximate surface area is 113 Å². The maximum atomic E-state index is 11.8. The molecule has 0 saturated carbocycles. The quantitative estimate of drug-likeness (QED) is 0.861. The number of aromatic nitrogens is 1. The van der Waals surface area contributed by atoms with Gasteiger partial charge in [0.2, 0.25) is 5.91 Å². The minimum Gasteiger partial charge on any atom is -0.352 e. The Morgan fingerprint density at radius 3 is 2.79 bits per heavy atom. The molecule has 1 aromatic carbocycles. The second-order valence-electron chi connectivity index (χ2n) is 5.09. The zero-order valence-corrected chi connectivity index (χ0v) is 11.7. The van der Waals surface area contributed by atoms with Gasteiger partial charge in [0.1, 0.15) is 6.54 Å². The van der Waals surface area contributed by atoms with E-state index in [0.29, 0.717) is 6.54 Å². The first kappa shape index (κ1) is 13.6. The number of benzene rings is 1. The van der Waals surface area contributed by atoms with Gasteiger partial charge in [0.05, 0.1) is 0 Å². The molecule has 4 heteroatoms. The molecule has 0 saturated heterocycles. The first-order valence-electron chi connectivity index (χ1n) is 6.62. The van der Waals surface area contributed by atoms with Crippen molar-refractivity contribution in [3.05, 3.63) is 36.0 Å². The Kier molecular flexibility index (Phi) is 4.22. The first-order valence-corrected chi connectivity index (χ1v) is 6.62. The summed E-state index contributed by atoms with van der Waals surface area (Å²) in [4.78, 5) is 11.8. The van der Waals surface area contributed by atoms with Crippen LogP contribution in [0.25, 0.3) is 10.9 Å². The van der Waals surface area contributed by atoms with Crippen LogP contribution in [0.5, 0.6) is 0 Å². The number of carbonyl (C=O) groups is 1. The monoisotopic (exact) mass is 259 g/mol. The van der Waals surface area contributed by atoms with Crippen LogP contribution in [0.4, 0.5) is 0 Å². The third kappa shape index (κ3) is 3.35. The van der Waals surface area contributed by atoms with Crippen LogP contribution in [0, 0.1) is 0 Å². The molecule has 0 radical (unpaired) electrons. The number of hydrogen-bond donors (Lipinski definition) is 2. The van der Waals surface area contributed by atoms with Crippen molar-refractivity contribution >= 4 is 16.8 Å². The second-order valence-corrected chi connectivity index (χ2v) is 5.09. The molecule has 0 aliphatic carbocycles. The smallest absolute Gasteiger partial charge is 0.240 e. The fourth-order valence-electron chi connectivity index (χ4n) is 2.20. The lowest BCUT2D eigenvalue weighted by molar-refractivity contribution is -0.122. The molecule has 19 heavy (non-hydrogen) atoms. The van der Waals surface area contributed by atoms with Crippen LogP contribution in [0.2, 0.25) is 0 Å². The maximum absolute atomic E-state index is 11.8. The third-order valence-electron chi connectivity index (χ3n) is 2.98. The van der Waals surface area contributed by atoms with Crippen LogP contribution < -0.4 is 10.6 Å². The molecule has 4 nitrogen and oxygen atoms in total. The molecule has 1 heterocycles. The van der Waals surface area contributed by atoms with E-state index in [1.165, 1.54) is 5.56 Å². The zero-order valence-electron chi connectivity index (χ0n) is 11.7. The normalized spacial score (nSPS) is 11.2. The van der Waals surface area contributed by atoms with Gasteiger partial charge in [-0.15, -0.1) is 0 Å². The van der Waals surface area contributed by atoms with E-state index in [2.05, 4.69) is 28.8 Å². The molecular formula is C15H21N3O. The predicted molar refractivity (Wildman–Crippen MR) is 78.0 cm³/mol. The summed E-state index contributed by atoms with van der Waals surface area (Å²) >= 11 is 0. The maximum Gasteiger partial charge on any atom is 0.240 e. The van der Waals surface area contributed by atoms with Crippen LogP contribution in [-0.2, 0) is 17.9 Å². The molecule has 0 bridgehead atoms. The Balaban J connectivity index is 2.23. The lowest BCUT2D eigenvalue weighted by atomic mass is 10.1. The van der Waals surface area contributed by atoms with Crippen molar-refractivity contribution in [2.45, 2.75) is 33.0 Å². The standard InChI is InChI=1S/C15H21N3O/c1-11(2)17-15(19)10-18-7-6-13-5-4-12(9-16-3)8-14(13)18/h4-8,11,16H,9-10H2,1-3H3,(H,17,19). The minimum absolute atomic E-state index is 0.0477. The topological polar surface area (TPSA) is 46.1 Å². The molecule has 1 amide bonds. The molecule has 0 spiro atoms. The lowest BCUT2D eigenvalue weighted by Gasteiger charge is -2.10. The number of fused-ring (bicyclic) bond motifs is 1. The van der Waals surface area contributed by atoms with Crippen LogP contribution in [0.3, 0.4) is 0 Å². The van der Waals surface area contributed by atoms with Crippen LogP contribution >= 0.6 is 0 Å². The molecule has 2 aromatic rings. The van der Waals surface area contributed by atoms with Gasteiger partial charge in [0.15, 0.2) is 0 Å². The van der Waals surface area contributed by atoms with E-state index >= 15 is 0 Å². The van der Waals surface area contributed by atoms with Gasteiger partial charge >= 0.3 is 0 Å². The predicted octanol–water partition coefficient (Wildman–Crippen LogP) is 1.89. The Morgan fingerprint density at radius 2 is 2.11 bits per heavy atom.